The fourth-order valence-electron chi connectivity index (χ4n) is 5.03. The van der Waals surface area contributed by atoms with Crippen LogP contribution in [-0.4, -0.2) is 78.9 Å². The Morgan fingerprint density at radius 1 is 0.582 bits per heavy atom. The highest BCUT2D eigenvalue weighted by Crippen LogP contribution is 2.09. The Morgan fingerprint density at radius 2 is 0.909 bits per heavy atom. The van der Waals surface area contributed by atoms with Gasteiger partial charge in [0, 0.05) is 19.6 Å². The van der Waals surface area contributed by atoms with Gasteiger partial charge in [-0.05, 0) is 55.2 Å². The lowest BCUT2D eigenvalue weighted by atomic mass is 10.0. The van der Waals surface area contributed by atoms with E-state index in [2.05, 4.69) is 26.6 Å². The summed E-state index contributed by atoms with van der Waals surface area (Å²) in [5.41, 5.74) is 8.01. The second-order valence-electron chi connectivity index (χ2n) is 12.5. The van der Waals surface area contributed by atoms with Crippen LogP contribution in [0.2, 0.25) is 0 Å². The highest BCUT2D eigenvalue weighted by molar-refractivity contribution is 5.96. The van der Waals surface area contributed by atoms with Gasteiger partial charge in [-0.25, -0.2) is 14.4 Å². The first-order chi connectivity index (χ1) is 26.6. The fraction of sp³-hybridized carbons (Fsp3) is 0.385. The van der Waals surface area contributed by atoms with E-state index in [9.17, 15) is 28.8 Å². The Bertz CT molecular complexity index is 1550. The largest absolute Gasteiger partial charge is 0.480 e. The number of carbonyl (C=O) groups excluding carboxylic acids is 5. The summed E-state index contributed by atoms with van der Waals surface area (Å²) in [5, 5.41) is 21.8. The van der Waals surface area contributed by atoms with E-state index < -0.39 is 42.4 Å². The molecule has 1 heterocycles. The Hall–Kier alpha value is -6.16. The maximum Gasteiger partial charge on any atom is 0.407 e. The van der Waals surface area contributed by atoms with Gasteiger partial charge in [0.2, 0.25) is 11.8 Å². The molecule has 55 heavy (non-hydrogen) atoms. The molecule has 3 atom stereocenters. The van der Waals surface area contributed by atoms with Crippen LogP contribution in [0.5, 0.6) is 0 Å². The van der Waals surface area contributed by atoms with Crippen LogP contribution in [0.1, 0.15) is 55.2 Å². The van der Waals surface area contributed by atoms with Crippen LogP contribution in [0, 0.1) is 0 Å². The Morgan fingerprint density at radius 3 is 1.24 bits per heavy atom. The Balaban J connectivity index is 0.000000360. The zero-order chi connectivity index (χ0) is 39.7. The molecule has 5 amide bonds. The third-order valence-electron chi connectivity index (χ3n) is 8.06. The van der Waals surface area contributed by atoms with Crippen molar-refractivity contribution in [3.05, 3.63) is 108 Å². The number of carbonyl (C=O) groups is 6. The summed E-state index contributed by atoms with van der Waals surface area (Å²) < 4.78 is 15.3. The number of nitrogens with two attached hydrogens (primary N) is 1. The van der Waals surface area contributed by atoms with Crippen LogP contribution >= 0.6 is 0 Å². The zero-order valence-corrected chi connectivity index (χ0v) is 30.6. The fourth-order valence-corrected chi connectivity index (χ4v) is 5.03. The molecule has 0 radical (unpaired) electrons. The summed E-state index contributed by atoms with van der Waals surface area (Å²) in [5.74, 6) is -1.56. The molecule has 0 saturated carbocycles. The van der Waals surface area contributed by atoms with Crippen LogP contribution in [0.4, 0.5) is 14.4 Å². The number of amides is 5. The number of alkyl carbamates (subject to hydrolysis) is 3. The van der Waals surface area contributed by atoms with E-state index >= 15 is 0 Å². The van der Waals surface area contributed by atoms with Crippen LogP contribution in [0.25, 0.3) is 0 Å². The number of nitrogens with one attached hydrogen (secondary N) is 5. The standard InChI is InChI=1S/C26H32N4O6.C13H18N2O4/c31-23-21(13-7-15-27-25(33)35-17-19-9-3-1-4-10-19)29-24(32)22(30-23)14-8-16-28-26(34)36-18-20-11-5-2-6-12-20;14-11(12(16)17)7-4-8-15-13(18)19-9-10-5-2-1-3-6-10/h1-6,9-12,21-22H,7-8,13-18H2,(H,27,33)(H,28,34)(H,29,32)(H,30,31);1-3,5-6,11H,4,7-9,14H2,(H,15,18)(H,16,17). The van der Waals surface area contributed by atoms with E-state index in [1.165, 1.54) is 0 Å². The van der Waals surface area contributed by atoms with Gasteiger partial charge in [0.1, 0.15) is 37.9 Å². The molecule has 1 saturated heterocycles. The number of aliphatic carboxylic acids is 1. The van der Waals surface area contributed by atoms with E-state index in [0.717, 1.165) is 16.7 Å². The molecule has 1 aliphatic heterocycles. The number of hydrogen-bond acceptors (Lipinski definition) is 10. The molecule has 0 aliphatic carbocycles. The molecule has 296 valence electrons. The molecule has 4 rings (SSSR count). The molecular weight excluding hydrogens is 712 g/mol. The first kappa shape index (κ1) is 43.2. The SMILES string of the molecule is NC(CCCNC(=O)OCc1ccccc1)C(=O)O.O=C(NCCCC1NC(=O)C(CCCNC(=O)OCc2ccccc2)NC1=O)OCc1ccccc1. The van der Waals surface area contributed by atoms with Crippen LogP contribution in [0.3, 0.4) is 0 Å². The molecule has 0 spiro atoms. The molecule has 16 nitrogen and oxygen atoms in total. The molecule has 3 aromatic carbocycles. The van der Waals surface area contributed by atoms with Crippen molar-refractivity contribution >= 4 is 36.1 Å². The molecule has 0 bridgehead atoms. The normalized spacial score (nSPS) is 15.1. The average molecular weight is 763 g/mol. The minimum Gasteiger partial charge on any atom is -0.480 e. The number of benzene rings is 3. The predicted molar refractivity (Wildman–Crippen MR) is 201 cm³/mol. The summed E-state index contributed by atoms with van der Waals surface area (Å²) in [4.78, 5) is 70.1. The summed E-state index contributed by atoms with van der Waals surface area (Å²) >= 11 is 0. The van der Waals surface area contributed by atoms with E-state index in [4.69, 9.17) is 25.1 Å². The third-order valence-corrected chi connectivity index (χ3v) is 8.06. The van der Waals surface area contributed by atoms with Gasteiger partial charge in [0.05, 0.1) is 0 Å². The van der Waals surface area contributed by atoms with Crippen molar-refractivity contribution in [1.29, 1.82) is 0 Å². The molecule has 1 aliphatic rings. The van der Waals surface area contributed by atoms with Gasteiger partial charge in [-0.2, -0.15) is 0 Å². The van der Waals surface area contributed by atoms with E-state index in [1.54, 1.807) is 0 Å². The van der Waals surface area contributed by atoms with Gasteiger partial charge in [-0.1, -0.05) is 91.0 Å². The van der Waals surface area contributed by atoms with Crippen molar-refractivity contribution in [2.75, 3.05) is 19.6 Å². The monoisotopic (exact) mass is 762 g/mol. The quantitative estimate of drug-likeness (QED) is 0.0690. The first-order valence-electron chi connectivity index (χ1n) is 18.0. The number of hydrogen-bond donors (Lipinski definition) is 7. The van der Waals surface area contributed by atoms with Crippen LogP contribution < -0.4 is 32.3 Å². The number of carboxylic acid groups (broad SMARTS) is 1. The molecule has 0 aromatic heterocycles. The minimum absolute atomic E-state index is 0.180. The summed E-state index contributed by atoms with van der Waals surface area (Å²) in [7, 11) is 0. The van der Waals surface area contributed by atoms with Crippen molar-refractivity contribution in [1.82, 2.24) is 26.6 Å². The van der Waals surface area contributed by atoms with Crippen LogP contribution in [0.15, 0.2) is 91.0 Å². The van der Waals surface area contributed by atoms with Crippen molar-refractivity contribution < 1.29 is 48.1 Å². The summed E-state index contributed by atoms with van der Waals surface area (Å²) in [6.45, 7) is 1.56. The van der Waals surface area contributed by atoms with Crippen LogP contribution in [-0.2, 0) is 48.4 Å². The van der Waals surface area contributed by atoms with Crippen molar-refractivity contribution in [3.8, 4) is 0 Å². The summed E-state index contributed by atoms with van der Waals surface area (Å²) in [6.07, 6.45) is 0.991. The van der Waals surface area contributed by atoms with Gasteiger partial charge in [-0.3, -0.25) is 14.4 Å². The van der Waals surface area contributed by atoms with E-state index in [0.29, 0.717) is 58.2 Å². The lowest BCUT2D eigenvalue weighted by Crippen LogP contribution is -2.61. The molecule has 16 heteroatoms. The molecule has 3 unspecified atom stereocenters. The van der Waals surface area contributed by atoms with Crippen molar-refractivity contribution in [3.63, 3.8) is 0 Å². The maximum absolute atomic E-state index is 12.4. The lowest BCUT2D eigenvalue weighted by molar-refractivity contribution is -0.138. The molecule has 3 aromatic rings. The Labute approximate surface area is 319 Å². The zero-order valence-electron chi connectivity index (χ0n) is 30.6. The van der Waals surface area contributed by atoms with Gasteiger partial charge >= 0.3 is 24.2 Å². The lowest BCUT2D eigenvalue weighted by Gasteiger charge is -2.29. The van der Waals surface area contributed by atoms with Crippen molar-refractivity contribution in [2.24, 2.45) is 5.73 Å². The van der Waals surface area contributed by atoms with Crippen molar-refractivity contribution in [2.45, 2.75) is 76.5 Å². The third kappa shape index (κ3) is 18.4. The van der Waals surface area contributed by atoms with E-state index in [1.807, 2.05) is 91.0 Å². The average Bonchev–Trinajstić information content (AvgIpc) is 3.20. The van der Waals surface area contributed by atoms with E-state index in [-0.39, 0.29) is 31.6 Å². The first-order valence-corrected chi connectivity index (χ1v) is 18.0. The molecular formula is C39H50N6O10. The van der Waals surface area contributed by atoms with Gasteiger partial charge in [0.15, 0.2) is 0 Å². The smallest absolute Gasteiger partial charge is 0.407 e. The van der Waals surface area contributed by atoms with Gasteiger partial charge in [0.25, 0.3) is 0 Å². The number of ether oxygens (including phenoxy) is 3. The maximum atomic E-state index is 12.4. The molecule has 1 fully saturated rings. The van der Waals surface area contributed by atoms with Gasteiger partial charge in [-0.15, -0.1) is 0 Å². The highest BCUT2D eigenvalue weighted by atomic mass is 16.6. The second-order valence-corrected chi connectivity index (χ2v) is 12.5. The Kier molecular flexibility index (Phi) is 19.6. The topological polar surface area (TPSA) is 237 Å². The molecule has 8 N–H and O–H groups in total. The highest BCUT2D eigenvalue weighted by Gasteiger charge is 2.32. The number of rotatable bonds is 19. The predicted octanol–water partition coefficient (Wildman–Crippen LogP) is 3.49. The number of piperazine rings is 1. The second kappa shape index (κ2) is 25.0. The van der Waals surface area contributed by atoms with Gasteiger partial charge < -0.3 is 51.6 Å². The number of carboxylic acids is 1. The minimum atomic E-state index is -1.04. The summed E-state index contributed by atoms with van der Waals surface area (Å²) in [6, 6.07) is 25.8.